The van der Waals surface area contributed by atoms with Gasteiger partial charge in [-0.3, -0.25) is 4.79 Å². The van der Waals surface area contributed by atoms with Crippen LogP contribution in [0.5, 0.6) is 0 Å². The quantitative estimate of drug-likeness (QED) is 0.746. The molecule has 0 heterocycles. The van der Waals surface area contributed by atoms with Crippen LogP contribution in [-0.4, -0.2) is 5.97 Å². The molecule has 2 rings (SSSR count). The van der Waals surface area contributed by atoms with Gasteiger partial charge >= 0.3 is 5.97 Å². The van der Waals surface area contributed by atoms with E-state index in [0.29, 0.717) is 12.5 Å². The fourth-order valence-electron chi connectivity index (χ4n) is 2.37. The molecular formula is C15H20O2. The van der Waals surface area contributed by atoms with E-state index in [1.807, 2.05) is 30.3 Å². The first-order chi connectivity index (χ1) is 8.01. The third-order valence-corrected chi connectivity index (χ3v) is 4.27. The number of esters is 1. The molecule has 0 spiro atoms. The molecular weight excluding hydrogens is 212 g/mol. The number of hydrogen-bond donors (Lipinski definition) is 0. The van der Waals surface area contributed by atoms with Gasteiger partial charge < -0.3 is 4.74 Å². The Balaban J connectivity index is 1.87. The zero-order chi connectivity index (χ0) is 12.5. The second-order valence-electron chi connectivity index (χ2n) is 5.60. The number of benzene rings is 1. The highest BCUT2D eigenvalue weighted by atomic mass is 16.5. The van der Waals surface area contributed by atoms with Crippen LogP contribution < -0.4 is 0 Å². The molecule has 0 radical (unpaired) electrons. The first kappa shape index (κ1) is 12.2. The summed E-state index contributed by atoms with van der Waals surface area (Å²) in [6.07, 6.45) is 0.959. The van der Waals surface area contributed by atoms with E-state index in [2.05, 4.69) is 20.8 Å². The minimum absolute atomic E-state index is 0.0445. The lowest BCUT2D eigenvalue weighted by Gasteiger charge is -2.49. The van der Waals surface area contributed by atoms with Crippen LogP contribution in [0.1, 0.15) is 32.8 Å². The third kappa shape index (κ3) is 2.36. The fraction of sp³-hybridized carbons (Fsp3) is 0.533. The van der Waals surface area contributed by atoms with E-state index in [1.54, 1.807) is 0 Å². The van der Waals surface area contributed by atoms with Crippen LogP contribution in [0.4, 0.5) is 0 Å². The SMILES string of the molecule is C[C@@H]1C[C@H](C(=O)OCc2ccccc2)C1(C)C. The Labute approximate surface area is 103 Å². The van der Waals surface area contributed by atoms with Crippen LogP contribution in [0.2, 0.25) is 0 Å². The number of rotatable bonds is 3. The number of carbonyl (C=O) groups excluding carboxylic acids is 1. The molecule has 92 valence electrons. The Morgan fingerprint density at radius 3 is 2.53 bits per heavy atom. The summed E-state index contributed by atoms with van der Waals surface area (Å²) in [7, 11) is 0. The highest BCUT2D eigenvalue weighted by molar-refractivity contribution is 5.74. The molecule has 0 aromatic heterocycles. The predicted octanol–water partition coefficient (Wildman–Crippen LogP) is 3.41. The average molecular weight is 232 g/mol. The molecule has 1 aliphatic rings. The lowest BCUT2D eigenvalue weighted by Crippen LogP contribution is -2.48. The van der Waals surface area contributed by atoms with Crippen molar-refractivity contribution in [1.29, 1.82) is 0 Å². The topological polar surface area (TPSA) is 26.3 Å². The zero-order valence-corrected chi connectivity index (χ0v) is 10.8. The van der Waals surface area contributed by atoms with Crippen molar-refractivity contribution in [3.63, 3.8) is 0 Å². The molecule has 1 aliphatic carbocycles. The Morgan fingerprint density at radius 1 is 1.35 bits per heavy atom. The molecule has 2 heteroatoms. The summed E-state index contributed by atoms with van der Waals surface area (Å²) >= 11 is 0. The van der Waals surface area contributed by atoms with Crippen LogP contribution in [0.25, 0.3) is 0 Å². The highest BCUT2D eigenvalue weighted by Gasteiger charge is 2.50. The Hall–Kier alpha value is -1.31. The van der Waals surface area contributed by atoms with Gasteiger partial charge in [0.15, 0.2) is 0 Å². The summed E-state index contributed by atoms with van der Waals surface area (Å²) < 4.78 is 5.38. The molecule has 2 nitrogen and oxygen atoms in total. The van der Waals surface area contributed by atoms with E-state index in [4.69, 9.17) is 4.74 Å². The molecule has 1 aromatic carbocycles. The second kappa shape index (κ2) is 4.52. The second-order valence-corrected chi connectivity index (χ2v) is 5.60. The minimum Gasteiger partial charge on any atom is -0.461 e. The van der Waals surface area contributed by atoms with Gasteiger partial charge in [-0.1, -0.05) is 51.1 Å². The van der Waals surface area contributed by atoms with Gasteiger partial charge in [0, 0.05) is 0 Å². The van der Waals surface area contributed by atoms with Gasteiger partial charge in [-0.15, -0.1) is 0 Å². The van der Waals surface area contributed by atoms with Crippen molar-refractivity contribution in [1.82, 2.24) is 0 Å². The van der Waals surface area contributed by atoms with Crippen molar-refractivity contribution in [2.24, 2.45) is 17.3 Å². The molecule has 1 aromatic rings. The average Bonchev–Trinajstić information content (AvgIpc) is 2.34. The summed E-state index contributed by atoms with van der Waals surface area (Å²) in [5.41, 5.74) is 1.14. The van der Waals surface area contributed by atoms with E-state index in [9.17, 15) is 4.79 Å². The summed E-state index contributed by atoms with van der Waals surface area (Å²) in [5, 5.41) is 0. The first-order valence-electron chi connectivity index (χ1n) is 6.22. The molecule has 0 N–H and O–H groups in total. The van der Waals surface area contributed by atoms with Crippen LogP contribution >= 0.6 is 0 Å². The first-order valence-corrected chi connectivity index (χ1v) is 6.22. The van der Waals surface area contributed by atoms with Gasteiger partial charge in [-0.2, -0.15) is 0 Å². The smallest absolute Gasteiger partial charge is 0.309 e. The van der Waals surface area contributed by atoms with Gasteiger partial charge in [-0.05, 0) is 23.3 Å². The summed E-state index contributed by atoms with van der Waals surface area (Å²) in [5.74, 6) is 0.634. The normalized spacial score (nSPS) is 26.1. The predicted molar refractivity (Wildman–Crippen MR) is 67.3 cm³/mol. The van der Waals surface area contributed by atoms with Crippen molar-refractivity contribution in [2.45, 2.75) is 33.8 Å². The van der Waals surface area contributed by atoms with Gasteiger partial charge in [-0.25, -0.2) is 0 Å². The lowest BCUT2D eigenvalue weighted by atomic mass is 9.55. The van der Waals surface area contributed by atoms with Crippen molar-refractivity contribution in [2.75, 3.05) is 0 Å². The van der Waals surface area contributed by atoms with E-state index >= 15 is 0 Å². The van der Waals surface area contributed by atoms with Crippen molar-refractivity contribution < 1.29 is 9.53 Å². The molecule has 0 saturated heterocycles. The van der Waals surface area contributed by atoms with Gasteiger partial charge in [0.2, 0.25) is 0 Å². The Morgan fingerprint density at radius 2 is 2.00 bits per heavy atom. The maximum absolute atomic E-state index is 11.9. The van der Waals surface area contributed by atoms with Gasteiger partial charge in [0.05, 0.1) is 5.92 Å². The Bertz CT molecular complexity index is 395. The molecule has 0 amide bonds. The maximum Gasteiger partial charge on any atom is 0.309 e. The van der Waals surface area contributed by atoms with Gasteiger partial charge in [0.1, 0.15) is 6.61 Å². The third-order valence-electron chi connectivity index (χ3n) is 4.27. The minimum atomic E-state index is -0.0445. The summed E-state index contributed by atoms with van der Waals surface area (Å²) in [6, 6.07) is 9.82. The van der Waals surface area contributed by atoms with Crippen molar-refractivity contribution in [3.05, 3.63) is 35.9 Å². The molecule has 1 fully saturated rings. The lowest BCUT2D eigenvalue weighted by molar-refractivity contribution is -0.166. The molecule has 0 aliphatic heterocycles. The molecule has 0 bridgehead atoms. The zero-order valence-electron chi connectivity index (χ0n) is 10.8. The van der Waals surface area contributed by atoms with Crippen LogP contribution in [-0.2, 0) is 16.1 Å². The van der Waals surface area contributed by atoms with E-state index in [1.165, 1.54) is 0 Å². The van der Waals surface area contributed by atoms with Crippen LogP contribution in [0.15, 0.2) is 30.3 Å². The van der Waals surface area contributed by atoms with E-state index in [-0.39, 0.29) is 17.3 Å². The highest BCUT2D eigenvalue weighted by Crippen LogP contribution is 2.51. The molecule has 17 heavy (non-hydrogen) atoms. The van der Waals surface area contributed by atoms with Crippen LogP contribution in [0, 0.1) is 17.3 Å². The van der Waals surface area contributed by atoms with Crippen molar-refractivity contribution in [3.8, 4) is 0 Å². The molecule has 0 unspecified atom stereocenters. The van der Waals surface area contributed by atoms with E-state index in [0.717, 1.165) is 12.0 Å². The maximum atomic E-state index is 11.9. The Kier molecular flexibility index (Phi) is 3.23. The standard InChI is InChI=1S/C15H20O2/c1-11-9-13(15(11,2)3)14(16)17-10-12-7-5-4-6-8-12/h4-8,11,13H,9-10H2,1-3H3/t11-,13-/m1/s1. The van der Waals surface area contributed by atoms with E-state index < -0.39 is 0 Å². The number of carbonyl (C=O) groups is 1. The van der Waals surface area contributed by atoms with Gasteiger partial charge in [0.25, 0.3) is 0 Å². The van der Waals surface area contributed by atoms with Crippen LogP contribution in [0.3, 0.4) is 0 Å². The largest absolute Gasteiger partial charge is 0.461 e. The number of ether oxygens (including phenoxy) is 1. The summed E-state index contributed by atoms with van der Waals surface area (Å²) in [6.45, 7) is 6.88. The van der Waals surface area contributed by atoms with Crippen molar-refractivity contribution >= 4 is 5.97 Å². The summed E-state index contributed by atoms with van der Waals surface area (Å²) in [4.78, 5) is 11.9. The fourth-order valence-corrected chi connectivity index (χ4v) is 2.37. The molecule has 1 saturated carbocycles. The molecule has 2 atom stereocenters. The number of hydrogen-bond acceptors (Lipinski definition) is 2. The monoisotopic (exact) mass is 232 g/mol.